The fraction of sp³-hybridized carbons (Fsp3) is 0. The molecule has 2 heterocycles. The number of H-pyrrole nitrogens is 1. The SMILES string of the molecule is NC(=O)/C(=C\c1c[nH]c2ncccc12)c1cccc(Br)c1. The second-order valence-electron chi connectivity index (χ2n) is 4.58. The van der Waals surface area contributed by atoms with E-state index in [0.717, 1.165) is 26.6 Å². The van der Waals surface area contributed by atoms with Gasteiger partial charge >= 0.3 is 0 Å². The van der Waals surface area contributed by atoms with Crippen molar-refractivity contribution in [1.82, 2.24) is 9.97 Å². The van der Waals surface area contributed by atoms with Crippen molar-refractivity contribution in [2.24, 2.45) is 5.73 Å². The number of benzene rings is 1. The summed E-state index contributed by atoms with van der Waals surface area (Å²) in [6, 6.07) is 11.3. The molecule has 0 aliphatic heterocycles. The third-order valence-corrected chi connectivity index (χ3v) is 3.68. The summed E-state index contributed by atoms with van der Waals surface area (Å²) in [5.41, 5.74) is 8.42. The van der Waals surface area contributed by atoms with Gasteiger partial charge in [0.05, 0.1) is 0 Å². The summed E-state index contributed by atoms with van der Waals surface area (Å²) >= 11 is 3.40. The number of amides is 1. The molecule has 3 N–H and O–H groups in total. The number of carbonyl (C=O) groups is 1. The summed E-state index contributed by atoms with van der Waals surface area (Å²) in [5.74, 6) is -0.466. The van der Waals surface area contributed by atoms with Gasteiger partial charge in [-0.15, -0.1) is 0 Å². The number of aromatic nitrogens is 2. The lowest BCUT2D eigenvalue weighted by Gasteiger charge is -2.04. The number of nitrogens with two attached hydrogens (primary N) is 1. The van der Waals surface area contributed by atoms with Crippen LogP contribution in [0.4, 0.5) is 0 Å². The Balaban J connectivity index is 2.15. The van der Waals surface area contributed by atoms with E-state index in [1.54, 1.807) is 12.3 Å². The molecule has 21 heavy (non-hydrogen) atoms. The average Bonchev–Trinajstić information content (AvgIpc) is 2.87. The Kier molecular flexibility index (Phi) is 3.58. The van der Waals surface area contributed by atoms with Gasteiger partial charge in [0.2, 0.25) is 5.91 Å². The van der Waals surface area contributed by atoms with E-state index in [4.69, 9.17) is 5.73 Å². The molecule has 0 saturated carbocycles. The first-order valence-corrected chi connectivity index (χ1v) is 7.14. The molecule has 104 valence electrons. The summed E-state index contributed by atoms with van der Waals surface area (Å²) in [6.45, 7) is 0. The summed E-state index contributed by atoms with van der Waals surface area (Å²) in [4.78, 5) is 19.1. The van der Waals surface area contributed by atoms with E-state index in [0.29, 0.717) is 5.57 Å². The molecule has 3 rings (SSSR count). The van der Waals surface area contributed by atoms with Gasteiger partial charge in [-0.2, -0.15) is 0 Å². The van der Waals surface area contributed by atoms with Crippen LogP contribution in [-0.2, 0) is 4.79 Å². The minimum atomic E-state index is -0.466. The van der Waals surface area contributed by atoms with Crippen molar-refractivity contribution in [3.63, 3.8) is 0 Å². The number of pyridine rings is 1. The zero-order chi connectivity index (χ0) is 14.8. The molecule has 0 atom stereocenters. The highest BCUT2D eigenvalue weighted by Gasteiger charge is 2.11. The van der Waals surface area contributed by atoms with Gasteiger partial charge in [-0.3, -0.25) is 4.79 Å². The first kappa shape index (κ1) is 13.6. The van der Waals surface area contributed by atoms with Crippen LogP contribution in [0.2, 0.25) is 0 Å². The van der Waals surface area contributed by atoms with Crippen molar-refractivity contribution in [1.29, 1.82) is 0 Å². The number of aromatic amines is 1. The van der Waals surface area contributed by atoms with E-state index in [1.807, 2.05) is 42.6 Å². The van der Waals surface area contributed by atoms with Crippen LogP contribution in [0, 0.1) is 0 Å². The van der Waals surface area contributed by atoms with Crippen LogP contribution in [0.1, 0.15) is 11.1 Å². The van der Waals surface area contributed by atoms with E-state index in [9.17, 15) is 4.79 Å². The maximum absolute atomic E-state index is 11.8. The van der Waals surface area contributed by atoms with Crippen molar-refractivity contribution < 1.29 is 4.79 Å². The van der Waals surface area contributed by atoms with Crippen molar-refractivity contribution >= 4 is 44.5 Å². The molecule has 0 aliphatic carbocycles. The van der Waals surface area contributed by atoms with E-state index in [1.165, 1.54) is 0 Å². The first-order chi connectivity index (χ1) is 10.1. The predicted octanol–water partition coefficient (Wildman–Crippen LogP) is 3.35. The van der Waals surface area contributed by atoms with Crippen molar-refractivity contribution in [2.45, 2.75) is 0 Å². The maximum Gasteiger partial charge on any atom is 0.249 e. The van der Waals surface area contributed by atoms with Gasteiger partial charge in [0, 0.05) is 33.4 Å². The predicted molar refractivity (Wildman–Crippen MR) is 87.3 cm³/mol. The molecule has 0 bridgehead atoms. The Morgan fingerprint density at radius 2 is 2.14 bits per heavy atom. The number of fused-ring (bicyclic) bond motifs is 1. The Bertz CT molecular complexity index is 851. The van der Waals surface area contributed by atoms with Gasteiger partial charge in [0.1, 0.15) is 5.65 Å². The van der Waals surface area contributed by atoms with Gasteiger partial charge in [-0.1, -0.05) is 28.1 Å². The second kappa shape index (κ2) is 5.54. The Labute approximate surface area is 129 Å². The molecule has 0 saturated heterocycles. The minimum absolute atomic E-state index is 0.459. The zero-order valence-corrected chi connectivity index (χ0v) is 12.6. The Morgan fingerprint density at radius 1 is 1.29 bits per heavy atom. The number of rotatable bonds is 3. The topological polar surface area (TPSA) is 71.8 Å². The van der Waals surface area contributed by atoms with Crippen LogP contribution in [0.25, 0.3) is 22.7 Å². The van der Waals surface area contributed by atoms with Gasteiger partial charge < -0.3 is 10.7 Å². The summed E-state index contributed by atoms with van der Waals surface area (Å²) in [5, 5.41) is 0.950. The highest BCUT2D eigenvalue weighted by atomic mass is 79.9. The molecule has 0 aliphatic rings. The smallest absolute Gasteiger partial charge is 0.249 e. The first-order valence-electron chi connectivity index (χ1n) is 6.34. The number of nitrogens with one attached hydrogen (secondary N) is 1. The van der Waals surface area contributed by atoms with Crippen molar-refractivity contribution in [3.05, 3.63) is 64.4 Å². The molecule has 0 fully saturated rings. The standard InChI is InChI=1S/C16H12BrN3O/c17-12-4-1-3-10(7-12)14(15(18)21)8-11-9-20-16-13(11)5-2-6-19-16/h1-9H,(H2,18,21)(H,19,20)/b14-8-. The van der Waals surface area contributed by atoms with Crippen LogP contribution < -0.4 is 5.73 Å². The molecule has 0 unspecified atom stereocenters. The van der Waals surface area contributed by atoms with E-state index in [-0.39, 0.29) is 0 Å². The number of halogens is 1. The number of hydrogen-bond donors (Lipinski definition) is 2. The Hall–Kier alpha value is -2.40. The fourth-order valence-corrected chi connectivity index (χ4v) is 2.60. The van der Waals surface area contributed by atoms with Crippen molar-refractivity contribution in [3.8, 4) is 0 Å². The van der Waals surface area contributed by atoms with Gasteiger partial charge in [0.25, 0.3) is 0 Å². The maximum atomic E-state index is 11.8. The largest absolute Gasteiger partial charge is 0.366 e. The van der Waals surface area contributed by atoms with Crippen LogP contribution in [-0.4, -0.2) is 15.9 Å². The normalized spacial score (nSPS) is 11.8. The lowest BCUT2D eigenvalue weighted by atomic mass is 10.0. The van der Waals surface area contributed by atoms with Crippen LogP contribution >= 0.6 is 15.9 Å². The van der Waals surface area contributed by atoms with Crippen LogP contribution in [0.5, 0.6) is 0 Å². The number of nitrogens with zero attached hydrogens (tertiary/aromatic N) is 1. The molecule has 2 aromatic heterocycles. The third kappa shape index (κ3) is 2.73. The van der Waals surface area contributed by atoms with E-state index in [2.05, 4.69) is 25.9 Å². The van der Waals surface area contributed by atoms with Gasteiger partial charge in [-0.05, 0) is 35.9 Å². The monoisotopic (exact) mass is 341 g/mol. The highest BCUT2D eigenvalue weighted by molar-refractivity contribution is 9.10. The lowest BCUT2D eigenvalue weighted by molar-refractivity contribution is -0.112. The minimum Gasteiger partial charge on any atom is -0.366 e. The van der Waals surface area contributed by atoms with E-state index < -0.39 is 5.91 Å². The van der Waals surface area contributed by atoms with Crippen molar-refractivity contribution in [2.75, 3.05) is 0 Å². The summed E-state index contributed by atoms with van der Waals surface area (Å²) < 4.78 is 0.896. The quantitative estimate of drug-likeness (QED) is 0.717. The molecule has 0 radical (unpaired) electrons. The summed E-state index contributed by atoms with van der Waals surface area (Å²) in [6.07, 6.45) is 5.32. The molecular formula is C16H12BrN3O. The Morgan fingerprint density at radius 3 is 2.90 bits per heavy atom. The molecule has 1 amide bonds. The number of primary amides is 1. The highest BCUT2D eigenvalue weighted by Crippen LogP contribution is 2.24. The molecular weight excluding hydrogens is 330 g/mol. The second-order valence-corrected chi connectivity index (χ2v) is 5.49. The summed E-state index contributed by atoms with van der Waals surface area (Å²) in [7, 11) is 0. The molecule has 3 aromatic rings. The average molecular weight is 342 g/mol. The van der Waals surface area contributed by atoms with Gasteiger partial charge in [-0.25, -0.2) is 4.98 Å². The zero-order valence-electron chi connectivity index (χ0n) is 11.0. The van der Waals surface area contributed by atoms with E-state index >= 15 is 0 Å². The number of hydrogen-bond acceptors (Lipinski definition) is 2. The van der Waals surface area contributed by atoms with Crippen LogP contribution in [0.15, 0.2) is 53.3 Å². The molecule has 4 nitrogen and oxygen atoms in total. The van der Waals surface area contributed by atoms with Gasteiger partial charge in [0.15, 0.2) is 0 Å². The third-order valence-electron chi connectivity index (χ3n) is 3.18. The fourth-order valence-electron chi connectivity index (χ4n) is 2.20. The molecule has 1 aromatic carbocycles. The molecule has 5 heteroatoms. The number of carbonyl (C=O) groups excluding carboxylic acids is 1. The molecule has 0 spiro atoms. The lowest BCUT2D eigenvalue weighted by Crippen LogP contribution is -2.12. The van der Waals surface area contributed by atoms with Crippen LogP contribution in [0.3, 0.4) is 0 Å².